The highest BCUT2D eigenvalue weighted by molar-refractivity contribution is 6.73. The molecule has 3 fully saturated rings. The SMILES string of the molecule is CC(=O)OC[C@H]1O[Si](C(C)(C)C)(C(C)(C)C)O[C@H]2[C@H]1OC(OC[C@H]1O[C@H](O)[C@@H](OCc3ccccc3)[C@@H](OCc3ccccc3)[C@@H]1OCc1ccccc1)[C@@H]2OCc1ccccc1. The molecule has 3 heterocycles. The summed E-state index contributed by atoms with van der Waals surface area (Å²) in [5, 5.41) is 11.0. The molecule has 3 saturated heterocycles. The molecule has 0 amide bonds. The number of carbonyl (C=O) groups excluding carboxylic acids is 1. The zero-order valence-electron chi connectivity index (χ0n) is 37.5. The second kappa shape index (κ2) is 21.0. The lowest BCUT2D eigenvalue weighted by molar-refractivity contribution is -0.323. The molecular formula is C50H64O12Si. The fourth-order valence-corrected chi connectivity index (χ4v) is 13.9. The van der Waals surface area contributed by atoms with Crippen LogP contribution in [0, 0.1) is 0 Å². The number of carbonyl (C=O) groups is 1. The Labute approximate surface area is 373 Å². The number of benzene rings is 4. The molecule has 1 unspecified atom stereocenters. The van der Waals surface area contributed by atoms with Gasteiger partial charge in [0.05, 0.1) is 33.0 Å². The van der Waals surface area contributed by atoms with E-state index in [0.29, 0.717) is 0 Å². The maximum absolute atomic E-state index is 12.2. The van der Waals surface area contributed by atoms with Crippen LogP contribution in [-0.2, 0) is 78.0 Å². The van der Waals surface area contributed by atoms with Crippen LogP contribution in [0.5, 0.6) is 0 Å². The summed E-state index contributed by atoms with van der Waals surface area (Å²) in [5.74, 6) is -0.423. The minimum absolute atomic E-state index is 0.0307. The van der Waals surface area contributed by atoms with Gasteiger partial charge in [0.25, 0.3) is 0 Å². The summed E-state index contributed by atoms with van der Waals surface area (Å²) in [4.78, 5) is 12.2. The predicted octanol–water partition coefficient (Wildman–Crippen LogP) is 8.18. The Morgan fingerprint density at radius 2 is 0.952 bits per heavy atom. The fraction of sp³-hybridized carbons (Fsp3) is 0.500. The van der Waals surface area contributed by atoms with Gasteiger partial charge in [-0.2, -0.15) is 0 Å². The number of aliphatic hydroxyl groups is 1. The Bertz CT molecular complexity index is 1980. The maximum atomic E-state index is 12.2. The van der Waals surface area contributed by atoms with Gasteiger partial charge in [-0.05, 0) is 22.3 Å². The minimum atomic E-state index is -3.21. The Balaban J connectivity index is 1.20. The van der Waals surface area contributed by atoms with Crippen molar-refractivity contribution in [2.45, 2.75) is 146 Å². The average molecular weight is 885 g/mol. The average Bonchev–Trinajstić information content (AvgIpc) is 3.62. The molecule has 1 N–H and O–H groups in total. The lowest BCUT2D eigenvalue weighted by Crippen LogP contribution is -2.68. The Morgan fingerprint density at radius 1 is 0.524 bits per heavy atom. The molecule has 0 saturated carbocycles. The molecule has 3 aliphatic heterocycles. The first-order valence-electron chi connectivity index (χ1n) is 21.9. The summed E-state index contributed by atoms with van der Waals surface area (Å²) in [5.41, 5.74) is 3.80. The van der Waals surface area contributed by atoms with Gasteiger partial charge in [-0.1, -0.05) is 163 Å². The van der Waals surface area contributed by atoms with E-state index >= 15 is 0 Å². The van der Waals surface area contributed by atoms with E-state index < -0.39 is 86.0 Å². The van der Waals surface area contributed by atoms with Gasteiger partial charge in [-0.15, -0.1) is 0 Å². The van der Waals surface area contributed by atoms with Crippen LogP contribution in [0.15, 0.2) is 121 Å². The van der Waals surface area contributed by atoms with Crippen molar-refractivity contribution in [2.75, 3.05) is 13.2 Å². The van der Waals surface area contributed by atoms with Crippen molar-refractivity contribution < 1.29 is 56.6 Å². The molecule has 12 nitrogen and oxygen atoms in total. The zero-order valence-corrected chi connectivity index (χ0v) is 38.5. The topological polar surface area (TPSA) is 130 Å². The number of aliphatic hydroxyl groups excluding tert-OH is 1. The molecule has 0 spiro atoms. The minimum Gasteiger partial charge on any atom is -0.463 e. The van der Waals surface area contributed by atoms with Gasteiger partial charge in [0.15, 0.2) is 12.6 Å². The molecule has 0 bridgehead atoms. The van der Waals surface area contributed by atoms with E-state index in [4.69, 9.17) is 46.7 Å². The van der Waals surface area contributed by atoms with Crippen LogP contribution in [0.25, 0.3) is 0 Å². The summed E-state index contributed by atoms with van der Waals surface area (Å²) < 4.78 is 66.6. The Hall–Kier alpha value is -3.83. The van der Waals surface area contributed by atoms with E-state index in [1.54, 1.807) is 0 Å². The molecule has 4 aromatic rings. The number of hydrogen-bond donors (Lipinski definition) is 1. The number of hydrogen-bond acceptors (Lipinski definition) is 12. The summed E-state index contributed by atoms with van der Waals surface area (Å²) in [6.45, 7) is 15.0. The second-order valence-corrected chi connectivity index (χ2v) is 23.3. The highest BCUT2D eigenvalue weighted by Crippen LogP contribution is 2.57. The molecular weight excluding hydrogens is 821 g/mol. The van der Waals surface area contributed by atoms with Crippen molar-refractivity contribution in [3.05, 3.63) is 144 Å². The summed E-state index contributed by atoms with van der Waals surface area (Å²) >= 11 is 0. The van der Waals surface area contributed by atoms with E-state index in [1.807, 2.05) is 121 Å². The van der Waals surface area contributed by atoms with Gasteiger partial charge in [-0.25, -0.2) is 0 Å². The van der Waals surface area contributed by atoms with Crippen molar-refractivity contribution in [3.8, 4) is 0 Å². The monoisotopic (exact) mass is 884 g/mol. The fourth-order valence-electron chi connectivity index (χ4n) is 8.91. The lowest BCUT2D eigenvalue weighted by Gasteiger charge is -2.55. The third-order valence-corrected chi connectivity index (χ3v) is 17.0. The highest BCUT2D eigenvalue weighted by Gasteiger charge is 2.68. The summed E-state index contributed by atoms with van der Waals surface area (Å²) in [6, 6.07) is 39.3. The van der Waals surface area contributed by atoms with Crippen molar-refractivity contribution in [1.82, 2.24) is 0 Å². The third kappa shape index (κ3) is 11.5. The van der Waals surface area contributed by atoms with Gasteiger partial charge >= 0.3 is 14.5 Å². The number of rotatable bonds is 17. The summed E-state index contributed by atoms with van der Waals surface area (Å²) in [6.07, 6.45) is -8.46. The number of fused-ring (bicyclic) bond motifs is 1. The quantitative estimate of drug-likeness (QED) is 0.0812. The first-order chi connectivity index (χ1) is 30.2. The standard InChI is InChI=1S/C50H64O12Si/c1-34(51)53-33-40-42-44(62-63(61-40,49(2,3)4)50(5,6)7)46(57-31-38-26-18-11-19-27-38)48(60-42)58-32-39-41(54-28-35-20-12-8-13-21-35)43(55-29-36-22-14-9-15-23-36)45(47(52)59-39)56-30-37-24-16-10-17-25-37/h8-27,39-48,52H,28-33H2,1-7H3/t39-,40-,41-,42+,43+,44+,45+,46-,47+,48?/m1/s1. The van der Waals surface area contributed by atoms with Gasteiger partial charge in [0.2, 0.25) is 0 Å². The van der Waals surface area contributed by atoms with Crippen LogP contribution in [0.4, 0.5) is 0 Å². The zero-order chi connectivity index (χ0) is 44.6. The van der Waals surface area contributed by atoms with Crippen molar-refractivity contribution >= 4 is 14.5 Å². The molecule has 0 aliphatic carbocycles. The van der Waals surface area contributed by atoms with Crippen molar-refractivity contribution in [1.29, 1.82) is 0 Å². The number of ether oxygens (including phenoxy) is 8. The molecule has 0 aromatic heterocycles. The normalized spacial score (nSPS) is 28.3. The smallest absolute Gasteiger partial charge is 0.350 e. The van der Waals surface area contributed by atoms with Crippen molar-refractivity contribution in [2.24, 2.45) is 0 Å². The molecule has 0 radical (unpaired) electrons. The van der Waals surface area contributed by atoms with E-state index in [9.17, 15) is 9.90 Å². The van der Waals surface area contributed by atoms with E-state index in [1.165, 1.54) is 6.92 Å². The van der Waals surface area contributed by atoms with Gasteiger partial charge in [-0.3, -0.25) is 4.79 Å². The van der Waals surface area contributed by atoms with Gasteiger partial charge in [0.1, 0.15) is 55.4 Å². The predicted molar refractivity (Wildman–Crippen MR) is 237 cm³/mol. The van der Waals surface area contributed by atoms with Crippen LogP contribution in [0.2, 0.25) is 10.1 Å². The third-order valence-electron chi connectivity index (χ3n) is 11.8. The molecule has 10 atom stereocenters. The van der Waals surface area contributed by atoms with E-state index in [-0.39, 0.29) is 39.6 Å². The molecule has 7 rings (SSSR count). The lowest BCUT2D eigenvalue weighted by atomic mass is 9.98. The molecule has 4 aromatic carbocycles. The molecule has 13 heteroatoms. The number of esters is 1. The van der Waals surface area contributed by atoms with E-state index in [0.717, 1.165) is 22.3 Å². The van der Waals surface area contributed by atoms with Crippen LogP contribution >= 0.6 is 0 Å². The first-order valence-corrected chi connectivity index (χ1v) is 23.8. The van der Waals surface area contributed by atoms with Gasteiger partial charge in [0, 0.05) is 17.0 Å². The molecule has 63 heavy (non-hydrogen) atoms. The Morgan fingerprint density at radius 3 is 1.40 bits per heavy atom. The largest absolute Gasteiger partial charge is 0.463 e. The Kier molecular flexibility index (Phi) is 15.7. The summed E-state index contributed by atoms with van der Waals surface area (Å²) in [7, 11) is -3.21. The van der Waals surface area contributed by atoms with Crippen molar-refractivity contribution in [3.63, 3.8) is 0 Å². The van der Waals surface area contributed by atoms with Crippen LogP contribution in [0.3, 0.4) is 0 Å². The van der Waals surface area contributed by atoms with Crippen LogP contribution in [0.1, 0.15) is 70.7 Å². The second-order valence-electron chi connectivity index (χ2n) is 18.6. The van der Waals surface area contributed by atoms with Gasteiger partial charge < -0.3 is 51.9 Å². The molecule has 3 aliphatic rings. The van der Waals surface area contributed by atoms with Crippen LogP contribution < -0.4 is 0 Å². The highest BCUT2D eigenvalue weighted by atomic mass is 28.4. The first kappa shape index (κ1) is 47.1. The van der Waals surface area contributed by atoms with Crippen LogP contribution in [-0.4, -0.2) is 94.3 Å². The van der Waals surface area contributed by atoms with E-state index in [2.05, 4.69) is 41.5 Å². The maximum Gasteiger partial charge on any atom is 0.350 e. The molecule has 340 valence electrons.